The Morgan fingerprint density at radius 3 is 2.88 bits per heavy atom. The van der Waals surface area contributed by atoms with Gasteiger partial charge in [0.15, 0.2) is 5.96 Å². The van der Waals surface area contributed by atoms with Gasteiger partial charge in [0.05, 0.1) is 0 Å². The summed E-state index contributed by atoms with van der Waals surface area (Å²) in [6.07, 6.45) is 1.26. The van der Waals surface area contributed by atoms with E-state index in [-0.39, 0.29) is 12.6 Å². The van der Waals surface area contributed by atoms with Crippen molar-refractivity contribution < 1.29 is 19.5 Å². The Bertz CT molecular complexity index is 580. The van der Waals surface area contributed by atoms with Crippen molar-refractivity contribution in [3.63, 3.8) is 0 Å². The number of nitrogens with one attached hydrogen (secondary N) is 2. The molecule has 1 rings (SSSR count). The summed E-state index contributed by atoms with van der Waals surface area (Å²) in [6, 6.07) is 5.83. The standard InChI is InChI=1S/C14H21N5O5/c15-12(5-2-7-18-14(16)17)13(20)24-11-4-1-3-10(9-11)6-8-23-19(21)22/h1,3-4,9,12H,2,5-8,15H2,(H4,16,17,18). The van der Waals surface area contributed by atoms with Crippen LogP contribution < -0.4 is 21.5 Å². The maximum Gasteiger partial charge on any atom is 0.328 e. The lowest BCUT2D eigenvalue weighted by atomic mass is 10.1. The zero-order valence-electron chi connectivity index (χ0n) is 13.1. The van der Waals surface area contributed by atoms with Gasteiger partial charge in [-0.15, -0.1) is 10.1 Å². The summed E-state index contributed by atoms with van der Waals surface area (Å²) in [5.41, 5.74) is 11.6. The molecule has 0 heterocycles. The highest BCUT2D eigenvalue weighted by molar-refractivity contribution is 5.78. The highest BCUT2D eigenvalue weighted by Crippen LogP contribution is 2.15. The van der Waals surface area contributed by atoms with E-state index in [0.717, 1.165) is 5.56 Å². The Labute approximate surface area is 138 Å². The van der Waals surface area contributed by atoms with E-state index in [2.05, 4.69) is 10.2 Å². The van der Waals surface area contributed by atoms with Crippen LogP contribution in [0.2, 0.25) is 0 Å². The number of guanidine groups is 1. The quantitative estimate of drug-likeness (QED) is 0.0874. The summed E-state index contributed by atoms with van der Waals surface area (Å²) >= 11 is 0. The second kappa shape index (κ2) is 10.0. The van der Waals surface area contributed by atoms with Crippen LogP contribution >= 0.6 is 0 Å². The van der Waals surface area contributed by atoms with Gasteiger partial charge >= 0.3 is 5.97 Å². The number of rotatable bonds is 10. The fraction of sp³-hybridized carbons (Fsp3) is 0.429. The molecule has 0 aliphatic carbocycles. The minimum absolute atomic E-state index is 0.0763. The van der Waals surface area contributed by atoms with E-state index in [1.165, 1.54) is 0 Å². The van der Waals surface area contributed by atoms with Gasteiger partial charge in [0.1, 0.15) is 18.4 Å². The lowest BCUT2D eigenvalue weighted by Gasteiger charge is -2.12. The molecule has 10 heteroatoms. The average Bonchev–Trinajstić information content (AvgIpc) is 2.51. The van der Waals surface area contributed by atoms with Crippen LogP contribution in [0.5, 0.6) is 5.75 Å². The molecule has 0 saturated heterocycles. The maximum atomic E-state index is 11.9. The Hall–Kier alpha value is -2.88. The summed E-state index contributed by atoms with van der Waals surface area (Å²) in [7, 11) is 0. The molecule has 1 atom stereocenters. The van der Waals surface area contributed by atoms with Gasteiger partial charge in [0.2, 0.25) is 0 Å². The second-order valence-corrected chi connectivity index (χ2v) is 4.96. The smallest absolute Gasteiger partial charge is 0.328 e. The van der Waals surface area contributed by atoms with Gasteiger partial charge in [-0.3, -0.25) is 5.41 Å². The molecule has 1 aromatic carbocycles. The van der Waals surface area contributed by atoms with Crippen LogP contribution in [-0.4, -0.2) is 36.2 Å². The summed E-state index contributed by atoms with van der Waals surface area (Å²) in [6.45, 7) is 0.370. The van der Waals surface area contributed by atoms with E-state index in [1.54, 1.807) is 24.3 Å². The number of nitrogens with zero attached hydrogens (tertiary/aromatic N) is 1. The number of esters is 1. The van der Waals surface area contributed by atoms with Crippen LogP contribution in [0.4, 0.5) is 0 Å². The van der Waals surface area contributed by atoms with Gasteiger partial charge in [-0.05, 0) is 37.0 Å². The number of ether oxygens (including phenoxy) is 1. The highest BCUT2D eigenvalue weighted by atomic mass is 16.9. The van der Waals surface area contributed by atoms with Gasteiger partial charge < -0.3 is 26.4 Å². The molecule has 6 N–H and O–H groups in total. The zero-order valence-corrected chi connectivity index (χ0v) is 13.1. The van der Waals surface area contributed by atoms with Crippen molar-refractivity contribution >= 4 is 11.9 Å². The SMILES string of the molecule is N=C(N)NCCCC(N)C(=O)Oc1cccc(CCO[N+](=O)[O-])c1. The third kappa shape index (κ3) is 7.94. The first kappa shape index (κ1) is 19.2. The Morgan fingerprint density at radius 1 is 1.46 bits per heavy atom. The summed E-state index contributed by atoms with van der Waals surface area (Å²) in [4.78, 5) is 26.2. The van der Waals surface area contributed by atoms with Crippen molar-refractivity contribution in [2.75, 3.05) is 13.2 Å². The molecule has 0 aliphatic rings. The van der Waals surface area contributed by atoms with E-state index in [1.807, 2.05) is 0 Å². The summed E-state index contributed by atoms with van der Waals surface area (Å²) < 4.78 is 5.20. The van der Waals surface area contributed by atoms with Gasteiger partial charge in [-0.1, -0.05) is 12.1 Å². The number of hydrogen-bond donors (Lipinski definition) is 4. The minimum atomic E-state index is -0.857. The number of carbonyl (C=O) groups is 1. The number of hydrogen-bond acceptors (Lipinski definition) is 7. The number of nitrogens with two attached hydrogens (primary N) is 2. The molecular formula is C14H21N5O5. The first-order valence-electron chi connectivity index (χ1n) is 7.30. The van der Waals surface area contributed by atoms with E-state index >= 15 is 0 Å². The van der Waals surface area contributed by atoms with Crippen molar-refractivity contribution in [3.05, 3.63) is 39.9 Å². The predicted octanol–water partition coefficient (Wildman–Crippen LogP) is -0.0666. The van der Waals surface area contributed by atoms with E-state index in [4.69, 9.17) is 21.6 Å². The first-order chi connectivity index (χ1) is 11.4. The monoisotopic (exact) mass is 339 g/mol. The van der Waals surface area contributed by atoms with E-state index < -0.39 is 17.1 Å². The molecule has 0 radical (unpaired) electrons. The first-order valence-corrected chi connectivity index (χ1v) is 7.30. The molecular weight excluding hydrogens is 318 g/mol. The molecule has 0 aromatic heterocycles. The third-order valence-corrected chi connectivity index (χ3v) is 3.01. The fourth-order valence-electron chi connectivity index (χ4n) is 1.86. The highest BCUT2D eigenvalue weighted by Gasteiger charge is 2.15. The normalized spacial score (nSPS) is 11.4. The molecule has 0 fully saturated rings. The average molecular weight is 339 g/mol. The Balaban J connectivity index is 2.42. The van der Waals surface area contributed by atoms with Crippen LogP contribution in [-0.2, 0) is 16.1 Å². The molecule has 0 saturated carbocycles. The van der Waals surface area contributed by atoms with Crippen LogP contribution in [0.1, 0.15) is 18.4 Å². The lowest BCUT2D eigenvalue weighted by molar-refractivity contribution is -0.757. The van der Waals surface area contributed by atoms with Crippen LogP contribution in [0, 0.1) is 15.5 Å². The molecule has 0 spiro atoms. The topological polar surface area (TPSA) is 167 Å². The van der Waals surface area contributed by atoms with Gasteiger partial charge in [0.25, 0.3) is 5.09 Å². The van der Waals surface area contributed by atoms with E-state index in [0.29, 0.717) is 31.6 Å². The molecule has 0 amide bonds. The second-order valence-electron chi connectivity index (χ2n) is 4.96. The molecule has 1 unspecified atom stereocenters. The van der Waals surface area contributed by atoms with Gasteiger partial charge in [-0.2, -0.15) is 0 Å². The molecule has 0 aliphatic heterocycles. The summed E-state index contributed by atoms with van der Waals surface area (Å²) in [5, 5.41) is 18.9. The molecule has 0 bridgehead atoms. The van der Waals surface area contributed by atoms with Crippen molar-refractivity contribution in [2.24, 2.45) is 11.5 Å². The Morgan fingerprint density at radius 2 is 2.21 bits per heavy atom. The number of carbonyl (C=O) groups excluding carboxylic acids is 1. The van der Waals surface area contributed by atoms with Crippen molar-refractivity contribution in [2.45, 2.75) is 25.3 Å². The predicted molar refractivity (Wildman–Crippen MR) is 85.9 cm³/mol. The largest absolute Gasteiger partial charge is 0.425 e. The van der Waals surface area contributed by atoms with Crippen molar-refractivity contribution in [3.8, 4) is 5.75 Å². The van der Waals surface area contributed by atoms with Crippen LogP contribution in [0.3, 0.4) is 0 Å². The van der Waals surface area contributed by atoms with Crippen molar-refractivity contribution in [1.82, 2.24) is 5.32 Å². The molecule has 24 heavy (non-hydrogen) atoms. The van der Waals surface area contributed by atoms with Gasteiger partial charge in [-0.25, -0.2) is 4.79 Å². The molecule has 10 nitrogen and oxygen atoms in total. The molecule has 132 valence electrons. The third-order valence-electron chi connectivity index (χ3n) is 3.01. The maximum absolute atomic E-state index is 11.9. The zero-order chi connectivity index (χ0) is 17.9. The van der Waals surface area contributed by atoms with Crippen molar-refractivity contribution in [1.29, 1.82) is 5.41 Å². The summed E-state index contributed by atoms with van der Waals surface area (Å²) in [5.74, 6) is -0.392. The minimum Gasteiger partial charge on any atom is -0.425 e. The number of benzene rings is 1. The van der Waals surface area contributed by atoms with Crippen LogP contribution in [0.15, 0.2) is 24.3 Å². The van der Waals surface area contributed by atoms with Crippen LogP contribution in [0.25, 0.3) is 0 Å². The molecule has 1 aromatic rings. The van der Waals surface area contributed by atoms with E-state index in [9.17, 15) is 14.9 Å². The fourth-order valence-corrected chi connectivity index (χ4v) is 1.86. The lowest BCUT2D eigenvalue weighted by Crippen LogP contribution is -2.36. The Kier molecular flexibility index (Phi) is 7.99. The van der Waals surface area contributed by atoms with Gasteiger partial charge in [0, 0.05) is 6.54 Å².